The number of benzene rings is 1. The van der Waals surface area contributed by atoms with Crippen molar-refractivity contribution >= 4 is 5.97 Å². The van der Waals surface area contributed by atoms with E-state index in [-0.39, 0.29) is 25.0 Å². The average molecular weight is 298 g/mol. The number of aliphatic hydroxyl groups excluding tert-OH is 1. The van der Waals surface area contributed by atoms with Crippen LogP contribution < -0.4 is 4.74 Å². The van der Waals surface area contributed by atoms with E-state index < -0.39 is 0 Å². The fourth-order valence-corrected chi connectivity index (χ4v) is 1.49. The second kappa shape index (κ2) is 11.9. The molecule has 0 aliphatic rings. The van der Waals surface area contributed by atoms with Crippen LogP contribution in [0, 0.1) is 5.82 Å². The second-order valence-corrected chi connectivity index (χ2v) is 4.15. The highest BCUT2D eigenvalue weighted by Crippen LogP contribution is 2.19. The van der Waals surface area contributed by atoms with Crippen LogP contribution in [-0.2, 0) is 16.0 Å². The summed E-state index contributed by atoms with van der Waals surface area (Å²) in [5, 5.41) is 7.76. The van der Waals surface area contributed by atoms with Gasteiger partial charge in [0.15, 0.2) is 0 Å². The Labute approximate surface area is 125 Å². The Hall–Kier alpha value is -1.88. The summed E-state index contributed by atoms with van der Waals surface area (Å²) in [4.78, 5) is 11.1. The van der Waals surface area contributed by atoms with Gasteiger partial charge in [0.1, 0.15) is 11.6 Å². The Kier molecular flexibility index (Phi) is 10.8. The van der Waals surface area contributed by atoms with E-state index in [4.69, 9.17) is 14.6 Å². The summed E-state index contributed by atoms with van der Waals surface area (Å²) in [6, 6.07) is 4.30. The smallest absolute Gasteiger partial charge is 0.305 e. The molecule has 1 aromatic carbocycles. The second-order valence-electron chi connectivity index (χ2n) is 4.15. The number of esters is 1. The summed E-state index contributed by atoms with van der Waals surface area (Å²) in [5.41, 5.74) is 0.705. The standard InChI is InChI=1S/C13H17FO3.C3H6O/c1-3-4-13(15)17-8-7-10-9-11(14)5-6-12(10)16-2;1-2-3-4/h5-6,9H,3-4,7-8H2,1-2H3;2,4H,1,3H2. The quantitative estimate of drug-likeness (QED) is 0.621. The van der Waals surface area contributed by atoms with Gasteiger partial charge in [-0.2, -0.15) is 0 Å². The van der Waals surface area contributed by atoms with E-state index in [1.807, 2.05) is 6.92 Å². The molecule has 0 saturated carbocycles. The Morgan fingerprint density at radius 2 is 2.14 bits per heavy atom. The normalized spacial score (nSPS) is 9.33. The van der Waals surface area contributed by atoms with Crippen LogP contribution in [0.15, 0.2) is 30.9 Å². The summed E-state index contributed by atoms with van der Waals surface area (Å²) in [7, 11) is 1.53. The van der Waals surface area contributed by atoms with Gasteiger partial charge in [0, 0.05) is 18.4 Å². The molecule has 0 spiro atoms. The van der Waals surface area contributed by atoms with Gasteiger partial charge in [-0.25, -0.2) is 4.39 Å². The molecule has 0 heterocycles. The first kappa shape index (κ1) is 19.1. The first-order valence-electron chi connectivity index (χ1n) is 6.78. The number of rotatable bonds is 7. The number of halogens is 1. The zero-order valence-corrected chi connectivity index (χ0v) is 12.6. The highest BCUT2D eigenvalue weighted by atomic mass is 19.1. The van der Waals surface area contributed by atoms with Crippen LogP contribution >= 0.6 is 0 Å². The highest BCUT2D eigenvalue weighted by Gasteiger charge is 2.06. The van der Waals surface area contributed by atoms with Gasteiger partial charge in [-0.1, -0.05) is 13.0 Å². The van der Waals surface area contributed by atoms with Crippen LogP contribution in [0.4, 0.5) is 4.39 Å². The van der Waals surface area contributed by atoms with E-state index >= 15 is 0 Å². The summed E-state index contributed by atoms with van der Waals surface area (Å²) in [6.45, 7) is 5.47. The molecular weight excluding hydrogens is 275 g/mol. The first-order valence-corrected chi connectivity index (χ1v) is 6.78. The molecule has 0 unspecified atom stereocenters. The van der Waals surface area contributed by atoms with Gasteiger partial charge in [0.05, 0.1) is 20.3 Å². The first-order chi connectivity index (χ1) is 10.1. The molecule has 1 rings (SSSR count). The van der Waals surface area contributed by atoms with E-state index in [0.29, 0.717) is 24.2 Å². The summed E-state index contributed by atoms with van der Waals surface area (Å²) in [6.07, 6.45) is 3.07. The van der Waals surface area contributed by atoms with Crippen LogP contribution in [0.5, 0.6) is 5.75 Å². The van der Waals surface area contributed by atoms with Crippen LogP contribution in [-0.4, -0.2) is 31.4 Å². The van der Waals surface area contributed by atoms with Crippen molar-refractivity contribution in [1.29, 1.82) is 0 Å². The number of aliphatic hydroxyl groups is 1. The summed E-state index contributed by atoms with van der Waals surface area (Å²) in [5.74, 6) is 0.0708. The molecule has 0 fully saturated rings. The number of carbonyl (C=O) groups is 1. The lowest BCUT2D eigenvalue weighted by Crippen LogP contribution is -2.07. The Morgan fingerprint density at radius 1 is 1.48 bits per heavy atom. The van der Waals surface area contributed by atoms with E-state index in [1.165, 1.54) is 25.3 Å². The van der Waals surface area contributed by atoms with Gasteiger partial charge >= 0.3 is 5.97 Å². The molecule has 0 atom stereocenters. The number of carbonyl (C=O) groups excluding carboxylic acids is 1. The topological polar surface area (TPSA) is 55.8 Å². The van der Waals surface area contributed by atoms with Crippen molar-refractivity contribution in [2.45, 2.75) is 26.2 Å². The third-order valence-corrected chi connectivity index (χ3v) is 2.46. The molecule has 0 saturated heterocycles. The lowest BCUT2D eigenvalue weighted by molar-refractivity contribution is -0.143. The molecular formula is C16H23FO4. The molecule has 0 bridgehead atoms. The molecule has 21 heavy (non-hydrogen) atoms. The SMILES string of the molecule is C=CCO.CCCC(=O)OCCc1cc(F)ccc1OC. The molecule has 0 aliphatic heterocycles. The molecule has 4 nitrogen and oxygen atoms in total. The largest absolute Gasteiger partial charge is 0.496 e. The maximum Gasteiger partial charge on any atom is 0.305 e. The van der Waals surface area contributed by atoms with E-state index in [1.54, 1.807) is 6.07 Å². The zero-order valence-electron chi connectivity index (χ0n) is 12.6. The van der Waals surface area contributed by atoms with E-state index in [9.17, 15) is 9.18 Å². The Bertz CT molecular complexity index is 432. The molecule has 1 N–H and O–H groups in total. The monoisotopic (exact) mass is 298 g/mol. The fourth-order valence-electron chi connectivity index (χ4n) is 1.49. The van der Waals surface area contributed by atoms with Gasteiger partial charge in [-0.15, -0.1) is 6.58 Å². The summed E-state index contributed by atoms with van der Waals surface area (Å²) >= 11 is 0. The molecule has 0 aliphatic carbocycles. The third kappa shape index (κ3) is 8.81. The van der Waals surface area contributed by atoms with Crippen molar-refractivity contribution in [3.8, 4) is 5.75 Å². The molecule has 1 aromatic rings. The minimum Gasteiger partial charge on any atom is -0.496 e. The van der Waals surface area contributed by atoms with E-state index in [0.717, 1.165) is 6.42 Å². The molecule has 0 radical (unpaired) electrons. The van der Waals surface area contributed by atoms with Crippen molar-refractivity contribution in [1.82, 2.24) is 0 Å². The molecule has 5 heteroatoms. The lowest BCUT2D eigenvalue weighted by atomic mass is 10.1. The maximum absolute atomic E-state index is 13.0. The van der Waals surface area contributed by atoms with Crippen LogP contribution in [0.3, 0.4) is 0 Å². The maximum atomic E-state index is 13.0. The number of ether oxygens (including phenoxy) is 2. The van der Waals surface area contributed by atoms with Gasteiger partial charge in [0.25, 0.3) is 0 Å². The van der Waals surface area contributed by atoms with Crippen molar-refractivity contribution in [2.75, 3.05) is 20.3 Å². The predicted molar refractivity (Wildman–Crippen MR) is 79.8 cm³/mol. The lowest BCUT2D eigenvalue weighted by Gasteiger charge is -2.09. The number of hydrogen-bond donors (Lipinski definition) is 1. The fraction of sp³-hybridized carbons (Fsp3) is 0.438. The Morgan fingerprint density at radius 3 is 2.67 bits per heavy atom. The molecule has 0 amide bonds. The van der Waals surface area contributed by atoms with E-state index in [2.05, 4.69) is 6.58 Å². The third-order valence-electron chi connectivity index (χ3n) is 2.46. The van der Waals surface area contributed by atoms with Crippen LogP contribution in [0.25, 0.3) is 0 Å². The highest BCUT2D eigenvalue weighted by molar-refractivity contribution is 5.69. The van der Waals surface area contributed by atoms with Crippen molar-refractivity contribution < 1.29 is 23.8 Å². The van der Waals surface area contributed by atoms with Gasteiger partial charge in [-0.05, 0) is 24.6 Å². The molecule has 118 valence electrons. The predicted octanol–water partition coefficient (Wildman–Crippen LogP) is 2.88. The van der Waals surface area contributed by atoms with Crippen LogP contribution in [0.1, 0.15) is 25.3 Å². The van der Waals surface area contributed by atoms with Crippen LogP contribution in [0.2, 0.25) is 0 Å². The number of hydrogen-bond acceptors (Lipinski definition) is 4. The average Bonchev–Trinajstić information content (AvgIpc) is 2.48. The van der Waals surface area contributed by atoms with Crippen molar-refractivity contribution in [2.24, 2.45) is 0 Å². The van der Waals surface area contributed by atoms with Crippen molar-refractivity contribution in [3.05, 3.63) is 42.2 Å². The van der Waals surface area contributed by atoms with Gasteiger partial charge < -0.3 is 14.6 Å². The zero-order chi connectivity index (χ0) is 16.1. The minimum absolute atomic E-state index is 0.0833. The Balaban J connectivity index is 0.000000885. The minimum atomic E-state index is -0.319. The van der Waals surface area contributed by atoms with Gasteiger partial charge in [0.2, 0.25) is 0 Å². The molecule has 0 aromatic heterocycles. The number of methoxy groups -OCH3 is 1. The summed E-state index contributed by atoms with van der Waals surface area (Å²) < 4.78 is 23.1. The van der Waals surface area contributed by atoms with Crippen molar-refractivity contribution in [3.63, 3.8) is 0 Å². The van der Waals surface area contributed by atoms with Gasteiger partial charge in [-0.3, -0.25) is 4.79 Å².